The van der Waals surface area contributed by atoms with Gasteiger partial charge in [0.2, 0.25) is 5.91 Å². The lowest BCUT2D eigenvalue weighted by atomic mass is 10.2. The third kappa shape index (κ3) is 3.90. The maximum atomic E-state index is 12.9. The van der Waals surface area contributed by atoms with Crippen LogP contribution in [0, 0.1) is 0 Å². The number of rotatable bonds is 2. The third-order valence-corrected chi connectivity index (χ3v) is 2.80. The Morgan fingerprint density at radius 1 is 1.59 bits per heavy atom. The molecule has 1 aromatic rings. The first-order chi connectivity index (χ1) is 7.65. The van der Waals surface area contributed by atoms with Crippen molar-refractivity contribution >= 4 is 40.1 Å². The second-order valence-electron chi connectivity index (χ2n) is 3.63. The quantitative estimate of drug-likeness (QED) is 0.817. The summed E-state index contributed by atoms with van der Waals surface area (Å²) in [5, 5.41) is 5.45. The van der Waals surface area contributed by atoms with Crippen LogP contribution in [0.4, 0.5) is 10.2 Å². The first kappa shape index (κ1) is 14.3. The molecule has 1 aliphatic rings. The largest absolute Gasteiger partial charge is 0.309 e. The zero-order valence-electron chi connectivity index (χ0n) is 8.82. The molecule has 1 saturated heterocycles. The Morgan fingerprint density at radius 3 is 2.94 bits per heavy atom. The fourth-order valence-electron chi connectivity index (χ4n) is 1.58. The zero-order valence-corrected chi connectivity index (χ0v) is 11.2. The highest BCUT2D eigenvalue weighted by atomic mass is 79.9. The molecule has 2 rings (SSSR count). The predicted molar refractivity (Wildman–Crippen MR) is 69.1 cm³/mol. The standard InChI is InChI=1S/C10H11BrFN3O.ClH/c11-8-2-1-3-9(14-8)15-10(16)7-4-6(12)5-13-7;/h1-3,6-7,13H,4-5H2,(H,14,15,16);1H/t6-,7?;/m1./s1. The van der Waals surface area contributed by atoms with Gasteiger partial charge in [-0.1, -0.05) is 6.07 Å². The fraction of sp³-hybridized carbons (Fsp3) is 0.400. The Morgan fingerprint density at radius 2 is 2.35 bits per heavy atom. The molecule has 0 aromatic carbocycles. The van der Waals surface area contributed by atoms with E-state index < -0.39 is 12.2 Å². The van der Waals surface area contributed by atoms with Crippen molar-refractivity contribution in [1.29, 1.82) is 0 Å². The number of aromatic nitrogens is 1. The van der Waals surface area contributed by atoms with E-state index in [1.165, 1.54) is 0 Å². The summed E-state index contributed by atoms with van der Waals surface area (Å²) in [6, 6.07) is 4.76. The maximum Gasteiger partial charge on any atom is 0.242 e. The molecule has 17 heavy (non-hydrogen) atoms. The maximum absolute atomic E-state index is 12.9. The lowest BCUT2D eigenvalue weighted by molar-refractivity contribution is -0.117. The summed E-state index contributed by atoms with van der Waals surface area (Å²) >= 11 is 3.21. The normalized spacial score (nSPS) is 22.9. The minimum atomic E-state index is -0.939. The Kier molecular flexibility index (Phi) is 5.30. The molecular formula is C10H12BrClFN3O. The Bertz CT molecular complexity index is 407. The highest BCUT2D eigenvalue weighted by molar-refractivity contribution is 9.10. The summed E-state index contributed by atoms with van der Waals surface area (Å²) in [4.78, 5) is 15.7. The molecule has 2 N–H and O–H groups in total. The van der Waals surface area contributed by atoms with Crippen LogP contribution in [0.1, 0.15) is 6.42 Å². The molecule has 4 nitrogen and oxygen atoms in total. The van der Waals surface area contributed by atoms with Crippen molar-refractivity contribution in [3.63, 3.8) is 0 Å². The molecular weight excluding hydrogens is 312 g/mol. The van der Waals surface area contributed by atoms with Gasteiger partial charge < -0.3 is 10.6 Å². The number of nitrogens with zero attached hydrogens (tertiary/aromatic N) is 1. The van der Waals surface area contributed by atoms with Crippen LogP contribution in [-0.2, 0) is 4.79 Å². The number of carbonyl (C=O) groups is 1. The van der Waals surface area contributed by atoms with E-state index in [1.54, 1.807) is 18.2 Å². The van der Waals surface area contributed by atoms with E-state index >= 15 is 0 Å². The van der Waals surface area contributed by atoms with E-state index in [2.05, 4.69) is 31.5 Å². The SMILES string of the molecule is Cl.O=C(Nc1cccc(Br)n1)C1C[C@@H](F)CN1. The number of pyridine rings is 1. The molecule has 1 aromatic heterocycles. The van der Waals surface area contributed by atoms with Gasteiger partial charge in [-0.2, -0.15) is 0 Å². The van der Waals surface area contributed by atoms with Crippen LogP contribution in [0.5, 0.6) is 0 Å². The van der Waals surface area contributed by atoms with Gasteiger partial charge in [0.1, 0.15) is 16.6 Å². The summed E-state index contributed by atoms with van der Waals surface area (Å²) in [6.45, 7) is 0.240. The van der Waals surface area contributed by atoms with Crippen LogP contribution >= 0.6 is 28.3 Å². The average molecular weight is 325 g/mol. The lowest BCUT2D eigenvalue weighted by Gasteiger charge is -2.10. The van der Waals surface area contributed by atoms with Crippen molar-refractivity contribution in [2.24, 2.45) is 0 Å². The van der Waals surface area contributed by atoms with Gasteiger partial charge in [-0.25, -0.2) is 9.37 Å². The van der Waals surface area contributed by atoms with Gasteiger partial charge in [-0.3, -0.25) is 4.79 Å². The van der Waals surface area contributed by atoms with Gasteiger partial charge in [0.25, 0.3) is 0 Å². The Balaban J connectivity index is 0.00000144. The smallest absolute Gasteiger partial charge is 0.242 e. The van der Waals surface area contributed by atoms with Gasteiger partial charge in [-0.05, 0) is 28.1 Å². The summed E-state index contributed by atoms with van der Waals surface area (Å²) in [5.74, 6) is 0.217. The first-order valence-electron chi connectivity index (χ1n) is 4.96. The number of carbonyl (C=O) groups excluding carboxylic acids is 1. The van der Waals surface area contributed by atoms with Gasteiger partial charge in [0.05, 0.1) is 6.04 Å². The molecule has 7 heteroatoms. The summed E-state index contributed by atoms with van der Waals surface area (Å²) in [7, 11) is 0. The summed E-state index contributed by atoms with van der Waals surface area (Å²) in [5.41, 5.74) is 0. The average Bonchev–Trinajstić information content (AvgIpc) is 2.65. The van der Waals surface area contributed by atoms with E-state index in [1.807, 2.05) is 0 Å². The van der Waals surface area contributed by atoms with Crippen LogP contribution in [0.15, 0.2) is 22.8 Å². The van der Waals surface area contributed by atoms with E-state index in [0.717, 1.165) is 0 Å². The number of alkyl halides is 1. The minimum absolute atomic E-state index is 0. The van der Waals surface area contributed by atoms with E-state index in [0.29, 0.717) is 10.4 Å². The van der Waals surface area contributed by atoms with Gasteiger partial charge in [0, 0.05) is 13.0 Å². The van der Waals surface area contributed by atoms with Gasteiger partial charge >= 0.3 is 0 Å². The molecule has 0 radical (unpaired) electrons. The van der Waals surface area contributed by atoms with Crippen molar-refractivity contribution in [2.75, 3.05) is 11.9 Å². The van der Waals surface area contributed by atoms with Crippen LogP contribution < -0.4 is 10.6 Å². The van der Waals surface area contributed by atoms with Crippen LogP contribution in [0.25, 0.3) is 0 Å². The molecule has 0 spiro atoms. The second kappa shape index (κ2) is 6.28. The molecule has 2 atom stereocenters. The van der Waals surface area contributed by atoms with Crippen molar-refractivity contribution in [3.05, 3.63) is 22.8 Å². The minimum Gasteiger partial charge on any atom is -0.309 e. The van der Waals surface area contributed by atoms with Gasteiger partial charge in [-0.15, -0.1) is 12.4 Å². The molecule has 0 saturated carbocycles. The molecule has 1 aliphatic heterocycles. The number of halogens is 3. The van der Waals surface area contributed by atoms with Crippen LogP contribution in [0.3, 0.4) is 0 Å². The molecule has 2 heterocycles. The highest BCUT2D eigenvalue weighted by Gasteiger charge is 2.29. The summed E-state index contributed by atoms with van der Waals surface area (Å²) in [6.07, 6.45) is -0.717. The molecule has 0 aliphatic carbocycles. The van der Waals surface area contributed by atoms with Crippen molar-refractivity contribution in [3.8, 4) is 0 Å². The van der Waals surface area contributed by atoms with Crippen molar-refractivity contribution in [2.45, 2.75) is 18.6 Å². The number of anilines is 1. The van der Waals surface area contributed by atoms with Crippen LogP contribution in [0.2, 0.25) is 0 Å². The van der Waals surface area contributed by atoms with E-state index in [9.17, 15) is 9.18 Å². The van der Waals surface area contributed by atoms with Crippen molar-refractivity contribution < 1.29 is 9.18 Å². The first-order valence-corrected chi connectivity index (χ1v) is 5.75. The molecule has 1 unspecified atom stereocenters. The number of hydrogen-bond acceptors (Lipinski definition) is 3. The lowest BCUT2D eigenvalue weighted by Crippen LogP contribution is -2.35. The highest BCUT2D eigenvalue weighted by Crippen LogP contribution is 2.14. The Labute approximate surface area is 113 Å². The number of nitrogens with one attached hydrogen (secondary N) is 2. The van der Waals surface area contributed by atoms with Crippen molar-refractivity contribution in [1.82, 2.24) is 10.3 Å². The molecule has 94 valence electrons. The fourth-order valence-corrected chi connectivity index (χ4v) is 1.93. The predicted octanol–water partition coefficient (Wildman–Crippen LogP) is 1.90. The number of hydrogen-bond donors (Lipinski definition) is 2. The van der Waals surface area contributed by atoms with Crippen LogP contribution in [-0.4, -0.2) is 29.6 Å². The third-order valence-electron chi connectivity index (χ3n) is 2.36. The second-order valence-corrected chi connectivity index (χ2v) is 4.44. The Hall–Kier alpha value is -0.720. The van der Waals surface area contributed by atoms with E-state index in [-0.39, 0.29) is 31.3 Å². The molecule has 1 amide bonds. The van der Waals surface area contributed by atoms with Gasteiger partial charge in [0.15, 0.2) is 0 Å². The van der Waals surface area contributed by atoms with E-state index in [4.69, 9.17) is 0 Å². The molecule has 1 fully saturated rings. The monoisotopic (exact) mass is 323 g/mol. The molecule has 0 bridgehead atoms. The topological polar surface area (TPSA) is 54.0 Å². The zero-order chi connectivity index (χ0) is 11.5. The number of amides is 1. The summed E-state index contributed by atoms with van der Waals surface area (Å²) < 4.78 is 13.5.